The Balaban J connectivity index is 1.85. The number of nitrogens with one attached hydrogen (secondary N) is 1. The first-order valence-electron chi connectivity index (χ1n) is 8.17. The maximum Gasteiger partial charge on any atom is 0.307 e. The number of ether oxygens (including phenoxy) is 1. The summed E-state index contributed by atoms with van der Waals surface area (Å²) in [5, 5.41) is 4.43. The van der Waals surface area contributed by atoms with Gasteiger partial charge in [0.25, 0.3) is 11.8 Å². The van der Waals surface area contributed by atoms with Crippen LogP contribution in [-0.2, 0) is 14.3 Å². The Hall–Kier alpha value is -2.52. The number of hydrogen-bond acceptors (Lipinski definition) is 7. The molecule has 2 heterocycles. The number of primary amides is 1. The van der Waals surface area contributed by atoms with E-state index in [-0.39, 0.29) is 24.2 Å². The highest BCUT2D eigenvalue weighted by molar-refractivity contribution is 7.14. The van der Waals surface area contributed by atoms with E-state index in [4.69, 9.17) is 10.5 Å². The van der Waals surface area contributed by atoms with Crippen LogP contribution < -0.4 is 11.1 Å². The topological polar surface area (TPSA) is 116 Å². The maximum absolute atomic E-state index is 12.2. The van der Waals surface area contributed by atoms with Gasteiger partial charge < -0.3 is 15.8 Å². The second-order valence-corrected chi connectivity index (χ2v) is 8.28. The summed E-state index contributed by atoms with van der Waals surface area (Å²) in [6.07, 6.45) is -1.17. The van der Waals surface area contributed by atoms with Crippen LogP contribution in [0, 0.1) is 13.8 Å². The van der Waals surface area contributed by atoms with Crippen molar-refractivity contribution in [1.82, 2.24) is 0 Å². The number of carbonyl (C=O) groups is 4. The average molecular weight is 409 g/mol. The highest BCUT2D eigenvalue weighted by Crippen LogP contribution is 2.24. The number of thiophene rings is 2. The molecule has 2 aromatic rings. The number of rotatable bonds is 8. The quantitative estimate of drug-likeness (QED) is 0.514. The summed E-state index contributed by atoms with van der Waals surface area (Å²) in [7, 11) is 0. The van der Waals surface area contributed by atoms with Gasteiger partial charge in [0.2, 0.25) is 0 Å². The SMILES string of the molecule is Cc1cc(C(=O)CCC(=O)O[C@H](C)C(=O)Nc2sccc2C(N)=O)c(C)s1. The van der Waals surface area contributed by atoms with Crippen molar-refractivity contribution in [2.24, 2.45) is 5.73 Å². The van der Waals surface area contributed by atoms with Gasteiger partial charge in [-0.25, -0.2) is 0 Å². The van der Waals surface area contributed by atoms with Gasteiger partial charge in [0.05, 0.1) is 12.0 Å². The van der Waals surface area contributed by atoms with Crippen LogP contribution >= 0.6 is 22.7 Å². The summed E-state index contributed by atoms with van der Waals surface area (Å²) in [4.78, 5) is 49.5. The zero-order chi connectivity index (χ0) is 20.1. The van der Waals surface area contributed by atoms with Gasteiger partial charge in [0, 0.05) is 21.7 Å². The van der Waals surface area contributed by atoms with Crippen molar-refractivity contribution < 1.29 is 23.9 Å². The van der Waals surface area contributed by atoms with E-state index in [2.05, 4.69) is 5.32 Å². The molecule has 144 valence electrons. The number of esters is 1. The van der Waals surface area contributed by atoms with E-state index in [1.54, 1.807) is 11.4 Å². The van der Waals surface area contributed by atoms with Crippen LogP contribution in [0.1, 0.15) is 50.2 Å². The lowest BCUT2D eigenvalue weighted by atomic mass is 10.1. The Bertz CT molecular complexity index is 884. The van der Waals surface area contributed by atoms with E-state index >= 15 is 0 Å². The third kappa shape index (κ3) is 5.48. The lowest BCUT2D eigenvalue weighted by molar-refractivity contribution is -0.153. The van der Waals surface area contributed by atoms with Gasteiger partial charge in [-0.3, -0.25) is 19.2 Å². The minimum Gasteiger partial charge on any atom is -0.453 e. The van der Waals surface area contributed by atoms with E-state index in [1.165, 1.54) is 24.3 Å². The molecule has 0 radical (unpaired) electrons. The Morgan fingerprint density at radius 2 is 1.89 bits per heavy atom. The fourth-order valence-electron chi connectivity index (χ4n) is 2.38. The second-order valence-electron chi connectivity index (χ2n) is 5.90. The molecule has 3 N–H and O–H groups in total. The van der Waals surface area contributed by atoms with Crippen LogP contribution in [0.5, 0.6) is 0 Å². The molecule has 0 aliphatic rings. The largest absolute Gasteiger partial charge is 0.453 e. The zero-order valence-electron chi connectivity index (χ0n) is 15.2. The fourth-order valence-corrected chi connectivity index (χ4v) is 4.12. The number of nitrogens with two attached hydrogens (primary N) is 1. The van der Waals surface area contributed by atoms with Crippen molar-refractivity contribution in [1.29, 1.82) is 0 Å². The fraction of sp³-hybridized carbons (Fsp3) is 0.333. The van der Waals surface area contributed by atoms with Crippen LogP contribution in [-0.4, -0.2) is 29.7 Å². The molecule has 0 aromatic carbocycles. The minimum atomic E-state index is -1.07. The van der Waals surface area contributed by atoms with Crippen LogP contribution in [0.3, 0.4) is 0 Å². The standard InChI is InChI=1S/C18H20N2O5S2/c1-9-8-13(11(3)27-9)14(21)4-5-15(22)25-10(2)17(24)20-18-12(16(19)23)6-7-26-18/h6-8,10H,4-5H2,1-3H3,(H2,19,23)(H,20,24)/t10-/m1/s1. The Morgan fingerprint density at radius 1 is 1.19 bits per heavy atom. The number of hydrogen-bond donors (Lipinski definition) is 2. The van der Waals surface area contributed by atoms with Crippen LogP contribution in [0.4, 0.5) is 5.00 Å². The summed E-state index contributed by atoms with van der Waals surface area (Å²) in [5.74, 6) is -2.01. The summed E-state index contributed by atoms with van der Waals surface area (Å²) in [6.45, 7) is 5.19. The van der Waals surface area contributed by atoms with Crippen LogP contribution in [0.25, 0.3) is 0 Å². The molecule has 0 aliphatic heterocycles. The molecular weight excluding hydrogens is 388 g/mol. The van der Waals surface area contributed by atoms with E-state index in [1.807, 2.05) is 13.8 Å². The average Bonchev–Trinajstić information content (AvgIpc) is 3.18. The summed E-state index contributed by atoms with van der Waals surface area (Å²) >= 11 is 2.67. The molecular formula is C18H20N2O5S2. The zero-order valence-corrected chi connectivity index (χ0v) is 16.8. The van der Waals surface area contributed by atoms with Gasteiger partial charge in [0.15, 0.2) is 11.9 Å². The predicted molar refractivity (Wildman–Crippen MR) is 104 cm³/mol. The Kier molecular flexibility index (Phi) is 6.86. The summed E-state index contributed by atoms with van der Waals surface area (Å²) < 4.78 is 5.07. The van der Waals surface area contributed by atoms with Gasteiger partial charge in [-0.05, 0) is 38.3 Å². The first-order valence-corrected chi connectivity index (χ1v) is 9.86. The van der Waals surface area contributed by atoms with Gasteiger partial charge in [0.1, 0.15) is 5.00 Å². The van der Waals surface area contributed by atoms with Crippen molar-refractivity contribution in [3.63, 3.8) is 0 Å². The third-order valence-electron chi connectivity index (χ3n) is 3.74. The van der Waals surface area contributed by atoms with Crippen molar-refractivity contribution in [2.75, 3.05) is 5.32 Å². The number of Topliss-reactive ketones (excluding diaryl/α,β-unsaturated/α-hetero) is 1. The van der Waals surface area contributed by atoms with E-state index in [0.29, 0.717) is 10.6 Å². The molecule has 2 amide bonds. The predicted octanol–water partition coefficient (Wildman–Crippen LogP) is 3.06. The van der Waals surface area contributed by atoms with E-state index in [9.17, 15) is 19.2 Å². The van der Waals surface area contributed by atoms with Crippen LogP contribution in [0.15, 0.2) is 17.5 Å². The molecule has 2 aromatic heterocycles. The molecule has 0 spiro atoms. The second kappa shape index (κ2) is 8.92. The van der Waals surface area contributed by atoms with Crippen molar-refractivity contribution in [3.05, 3.63) is 38.4 Å². The first-order chi connectivity index (χ1) is 12.7. The van der Waals surface area contributed by atoms with Gasteiger partial charge >= 0.3 is 5.97 Å². The summed E-state index contributed by atoms with van der Waals surface area (Å²) in [6, 6.07) is 3.31. The Morgan fingerprint density at radius 3 is 2.48 bits per heavy atom. The number of aryl methyl sites for hydroxylation is 2. The van der Waals surface area contributed by atoms with Crippen LogP contribution in [0.2, 0.25) is 0 Å². The van der Waals surface area contributed by atoms with Crippen molar-refractivity contribution in [2.45, 2.75) is 39.7 Å². The first kappa shape index (κ1) is 20.8. The van der Waals surface area contributed by atoms with E-state index in [0.717, 1.165) is 21.1 Å². The summed E-state index contributed by atoms with van der Waals surface area (Å²) in [5.41, 5.74) is 6.03. The number of amides is 2. The highest BCUT2D eigenvalue weighted by Gasteiger charge is 2.21. The molecule has 0 saturated heterocycles. The molecule has 27 heavy (non-hydrogen) atoms. The number of carbonyl (C=O) groups excluding carboxylic acids is 4. The van der Waals surface area contributed by atoms with Gasteiger partial charge in [-0.1, -0.05) is 0 Å². The lowest BCUT2D eigenvalue weighted by Gasteiger charge is -2.13. The molecule has 7 nitrogen and oxygen atoms in total. The molecule has 0 bridgehead atoms. The van der Waals surface area contributed by atoms with Gasteiger partial charge in [-0.2, -0.15) is 0 Å². The molecule has 0 saturated carbocycles. The Labute approximate surface area is 164 Å². The molecule has 1 atom stereocenters. The molecule has 2 rings (SSSR count). The third-order valence-corrected chi connectivity index (χ3v) is 5.54. The monoisotopic (exact) mass is 408 g/mol. The van der Waals surface area contributed by atoms with Gasteiger partial charge in [-0.15, -0.1) is 22.7 Å². The molecule has 0 fully saturated rings. The minimum absolute atomic E-state index is 0.0148. The molecule has 9 heteroatoms. The number of ketones is 1. The van der Waals surface area contributed by atoms with Crippen molar-refractivity contribution in [3.8, 4) is 0 Å². The maximum atomic E-state index is 12.2. The van der Waals surface area contributed by atoms with Crippen molar-refractivity contribution >= 4 is 51.2 Å². The number of anilines is 1. The molecule has 0 unspecified atom stereocenters. The lowest BCUT2D eigenvalue weighted by Crippen LogP contribution is -2.30. The highest BCUT2D eigenvalue weighted by atomic mass is 32.1. The van der Waals surface area contributed by atoms with E-state index < -0.39 is 23.9 Å². The normalized spacial score (nSPS) is 11.7. The molecule has 0 aliphatic carbocycles. The smallest absolute Gasteiger partial charge is 0.307 e.